The highest BCUT2D eigenvalue weighted by Crippen LogP contribution is 2.25. The summed E-state index contributed by atoms with van der Waals surface area (Å²) in [4.78, 5) is 11.4. The second-order valence-corrected chi connectivity index (χ2v) is 3.73. The molecule has 0 aliphatic carbocycles. The maximum Gasteiger partial charge on any atom is 0.354 e. The van der Waals surface area contributed by atoms with E-state index in [0.29, 0.717) is 18.0 Å². The Hall–Kier alpha value is -2.04. The number of anilines is 1. The Bertz CT molecular complexity index is 456. The number of esters is 1. The van der Waals surface area contributed by atoms with Crippen LogP contribution in [0.5, 0.6) is 5.75 Å². The molecule has 1 aromatic rings. The van der Waals surface area contributed by atoms with Gasteiger partial charge in [0.25, 0.3) is 0 Å². The van der Waals surface area contributed by atoms with E-state index < -0.39 is 5.97 Å². The first-order chi connectivity index (χ1) is 8.58. The largest absolute Gasteiger partial charge is 0.495 e. The third-order valence-electron chi connectivity index (χ3n) is 2.27. The number of hydrazone groups is 1. The summed E-state index contributed by atoms with van der Waals surface area (Å²) in [5.41, 5.74) is 4.85. The molecule has 1 rings (SSSR count). The highest BCUT2D eigenvalue weighted by molar-refractivity contribution is 6.35. The molecule has 0 bridgehead atoms. The Kier molecular flexibility index (Phi) is 5.17. The molecule has 0 atom stereocenters. The second-order valence-electron chi connectivity index (χ2n) is 3.73. The average Bonchev–Trinajstić information content (AvgIpc) is 2.36. The molecule has 0 radical (unpaired) electrons. The number of nitrogens with zero attached hydrogens (tertiary/aromatic N) is 1. The molecule has 1 N–H and O–H groups in total. The summed E-state index contributed by atoms with van der Waals surface area (Å²) in [5.74, 6) is 0.234. The zero-order valence-corrected chi connectivity index (χ0v) is 11.1. The fourth-order valence-corrected chi connectivity index (χ4v) is 1.33. The van der Waals surface area contributed by atoms with Crippen LogP contribution >= 0.6 is 0 Å². The molecule has 0 unspecified atom stereocenters. The summed E-state index contributed by atoms with van der Waals surface area (Å²) in [5, 5.41) is 3.97. The third-order valence-corrected chi connectivity index (χ3v) is 2.27. The van der Waals surface area contributed by atoms with Crippen LogP contribution in [-0.2, 0) is 9.53 Å². The lowest BCUT2D eigenvalue weighted by Crippen LogP contribution is -2.15. The monoisotopic (exact) mass is 250 g/mol. The molecule has 98 valence electrons. The molecule has 0 fully saturated rings. The van der Waals surface area contributed by atoms with E-state index in [9.17, 15) is 4.79 Å². The fraction of sp³-hybridized carbons (Fsp3) is 0.385. The van der Waals surface area contributed by atoms with Gasteiger partial charge in [-0.2, -0.15) is 5.10 Å². The lowest BCUT2D eigenvalue weighted by Gasteiger charge is -2.09. The van der Waals surface area contributed by atoms with Gasteiger partial charge >= 0.3 is 5.97 Å². The summed E-state index contributed by atoms with van der Waals surface area (Å²) in [6.07, 6.45) is 0. The van der Waals surface area contributed by atoms with Crippen molar-refractivity contribution in [1.82, 2.24) is 0 Å². The first kappa shape index (κ1) is 14.0. The van der Waals surface area contributed by atoms with Gasteiger partial charge in [0.2, 0.25) is 0 Å². The van der Waals surface area contributed by atoms with E-state index in [1.165, 1.54) is 0 Å². The van der Waals surface area contributed by atoms with Gasteiger partial charge in [-0.15, -0.1) is 0 Å². The molecule has 0 aromatic heterocycles. The first-order valence-electron chi connectivity index (χ1n) is 5.70. The van der Waals surface area contributed by atoms with Crippen molar-refractivity contribution in [1.29, 1.82) is 0 Å². The minimum Gasteiger partial charge on any atom is -0.495 e. The van der Waals surface area contributed by atoms with Crippen molar-refractivity contribution in [3.8, 4) is 5.75 Å². The van der Waals surface area contributed by atoms with Crippen LogP contribution in [0.25, 0.3) is 0 Å². The Labute approximate surface area is 107 Å². The minimum atomic E-state index is -0.434. The van der Waals surface area contributed by atoms with Gasteiger partial charge in [-0.3, -0.25) is 5.43 Å². The van der Waals surface area contributed by atoms with E-state index in [2.05, 4.69) is 10.5 Å². The molecule has 5 nitrogen and oxygen atoms in total. The van der Waals surface area contributed by atoms with E-state index in [1.807, 2.05) is 25.1 Å². The summed E-state index contributed by atoms with van der Waals surface area (Å²) in [6.45, 7) is 5.64. The summed E-state index contributed by atoms with van der Waals surface area (Å²) < 4.78 is 10.0. The summed E-state index contributed by atoms with van der Waals surface area (Å²) in [7, 11) is 1.58. The number of rotatable bonds is 5. The Balaban J connectivity index is 2.81. The van der Waals surface area contributed by atoms with Gasteiger partial charge in [0, 0.05) is 0 Å². The van der Waals surface area contributed by atoms with Crippen LogP contribution in [0.15, 0.2) is 23.3 Å². The number of ether oxygens (including phenoxy) is 2. The van der Waals surface area contributed by atoms with Gasteiger partial charge in [0.05, 0.1) is 19.4 Å². The smallest absolute Gasteiger partial charge is 0.354 e. The van der Waals surface area contributed by atoms with Crippen LogP contribution in [-0.4, -0.2) is 25.4 Å². The van der Waals surface area contributed by atoms with Crippen LogP contribution in [0.4, 0.5) is 5.69 Å². The molecule has 5 heteroatoms. The number of carbonyl (C=O) groups is 1. The molecule has 0 aliphatic heterocycles. The maximum atomic E-state index is 11.4. The van der Waals surface area contributed by atoms with E-state index in [4.69, 9.17) is 9.47 Å². The van der Waals surface area contributed by atoms with Crippen molar-refractivity contribution >= 4 is 17.4 Å². The molecule has 0 saturated heterocycles. The van der Waals surface area contributed by atoms with Crippen LogP contribution < -0.4 is 10.2 Å². The van der Waals surface area contributed by atoms with Crippen LogP contribution in [0.2, 0.25) is 0 Å². The normalized spacial score (nSPS) is 11.0. The fourth-order valence-electron chi connectivity index (χ4n) is 1.33. The van der Waals surface area contributed by atoms with Gasteiger partial charge < -0.3 is 9.47 Å². The second kappa shape index (κ2) is 6.64. The van der Waals surface area contributed by atoms with E-state index >= 15 is 0 Å². The van der Waals surface area contributed by atoms with Crippen LogP contribution in [0.1, 0.15) is 19.4 Å². The van der Waals surface area contributed by atoms with Gasteiger partial charge in [-0.25, -0.2) is 4.79 Å². The molecular formula is C13H18N2O3. The molecule has 0 aliphatic rings. The zero-order chi connectivity index (χ0) is 13.5. The molecule has 0 amide bonds. The standard InChI is InChI=1S/C13H18N2O3/c1-5-18-13(16)10(3)14-15-11-8-9(2)6-7-12(11)17-4/h6-8,15H,5H2,1-4H3/b14-10+. The zero-order valence-electron chi connectivity index (χ0n) is 11.1. The highest BCUT2D eigenvalue weighted by Gasteiger charge is 2.07. The molecule has 1 aromatic carbocycles. The number of benzene rings is 1. The number of hydrogen-bond donors (Lipinski definition) is 1. The third kappa shape index (κ3) is 3.76. The predicted octanol–water partition coefficient (Wildman–Crippen LogP) is 2.35. The number of aryl methyl sites for hydroxylation is 1. The van der Waals surface area contributed by atoms with Gasteiger partial charge in [-0.1, -0.05) is 6.07 Å². The quantitative estimate of drug-likeness (QED) is 0.495. The van der Waals surface area contributed by atoms with Gasteiger partial charge in [-0.05, 0) is 38.5 Å². The van der Waals surface area contributed by atoms with Gasteiger partial charge in [0.15, 0.2) is 0 Å². The van der Waals surface area contributed by atoms with E-state index in [-0.39, 0.29) is 5.71 Å². The number of methoxy groups -OCH3 is 1. The Morgan fingerprint density at radius 1 is 1.44 bits per heavy atom. The van der Waals surface area contributed by atoms with Crippen molar-refractivity contribution in [2.75, 3.05) is 19.1 Å². The number of hydrogen-bond acceptors (Lipinski definition) is 5. The topological polar surface area (TPSA) is 59.9 Å². The van der Waals surface area contributed by atoms with Crippen molar-refractivity contribution in [2.24, 2.45) is 5.10 Å². The molecule has 0 heterocycles. The summed E-state index contributed by atoms with van der Waals surface area (Å²) >= 11 is 0. The van der Waals surface area contributed by atoms with Crippen molar-refractivity contribution in [3.63, 3.8) is 0 Å². The molecule has 18 heavy (non-hydrogen) atoms. The predicted molar refractivity (Wildman–Crippen MR) is 71.1 cm³/mol. The SMILES string of the molecule is CCOC(=O)/C(C)=N/Nc1cc(C)ccc1OC. The van der Waals surface area contributed by atoms with Crippen LogP contribution in [0, 0.1) is 6.92 Å². The van der Waals surface area contributed by atoms with Gasteiger partial charge in [0.1, 0.15) is 11.5 Å². The number of carbonyl (C=O) groups excluding carboxylic acids is 1. The van der Waals surface area contributed by atoms with E-state index in [0.717, 1.165) is 5.56 Å². The Morgan fingerprint density at radius 3 is 2.78 bits per heavy atom. The molecule has 0 saturated carbocycles. The minimum absolute atomic E-state index is 0.264. The lowest BCUT2D eigenvalue weighted by atomic mass is 10.2. The van der Waals surface area contributed by atoms with Crippen molar-refractivity contribution in [2.45, 2.75) is 20.8 Å². The Morgan fingerprint density at radius 2 is 2.17 bits per heavy atom. The molecular weight excluding hydrogens is 232 g/mol. The highest BCUT2D eigenvalue weighted by atomic mass is 16.5. The maximum absolute atomic E-state index is 11.4. The molecule has 0 spiro atoms. The average molecular weight is 250 g/mol. The summed E-state index contributed by atoms with van der Waals surface area (Å²) in [6, 6.07) is 5.67. The van der Waals surface area contributed by atoms with Crippen LogP contribution in [0.3, 0.4) is 0 Å². The van der Waals surface area contributed by atoms with E-state index in [1.54, 1.807) is 21.0 Å². The first-order valence-corrected chi connectivity index (χ1v) is 5.70. The number of nitrogens with one attached hydrogen (secondary N) is 1. The lowest BCUT2D eigenvalue weighted by molar-refractivity contribution is -0.135. The van der Waals surface area contributed by atoms with Crippen molar-refractivity contribution in [3.05, 3.63) is 23.8 Å². The van der Waals surface area contributed by atoms with Crippen molar-refractivity contribution < 1.29 is 14.3 Å².